The van der Waals surface area contributed by atoms with Crippen molar-refractivity contribution in [3.8, 4) is 22.7 Å². The lowest BCUT2D eigenvalue weighted by molar-refractivity contribution is 0.455. The van der Waals surface area contributed by atoms with E-state index in [1.165, 1.54) is 0 Å². The minimum atomic E-state index is 0.157. The van der Waals surface area contributed by atoms with Crippen LogP contribution in [-0.2, 0) is 6.42 Å². The topological polar surface area (TPSA) is 102 Å². The minimum absolute atomic E-state index is 0.157. The van der Waals surface area contributed by atoms with Crippen molar-refractivity contribution in [1.29, 1.82) is 0 Å². The number of aromatic nitrogens is 4. The van der Waals surface area contributed by atoms with Gasteiger partial charge in [0.05, 0.1) is 23.4 Å². The number of nitrogens with one attached hydrogen (secondary N) is 1. The third-order valence-corrected chi connectivity index (χ3v) is 4.77. The van der Waals surface area contributed by atoms with Gasteiger partial charge >= 0.3 is 0 Å². The molecule has 0 aliphatic rings. The fourth-order valence-corrected chi connectivity index (χ4v) is 3.12. The average Bonchev–Trinajstić information content (AvgIpc) is 3.14. The van der Waals surface area contributed by atoms with Crippen LogP contribution in [0.5, 0.6) is 5.75 Å². The Bertz CT molecular complexity index is 892. The van der Waals surface area contributed by atoms with Gasteiger partial charge in [0.2, 0.25) is 0 Å². The van der Waals surface area contributed by atoms with Crippen molar-refractivity contribution in [3.63, 3.8) is 0 Å². The summed E-state index contributed by atoms with van der Waals surface area (Å²) in [5.74, 6) is 1.06. The number of imidazole rings is 1. The quantitative estimate of drug-likeness (QED) is 0.567. The molecule has 1 aromatic carbocycles. The number of hydrogen-bond donors (Lipinski definition) is 3. The van der Waals surface area contributed by atoms with Crippen molar-refractivity contribution in [2.75, 3.05) is 19.3 Å². The van der Waals surface area contributed by atoms with Crippen molar-refractivity contribution in [2.24, 2.45) is 5.92 Å². The molecule has 0 saturated heterocycles. The zero-order valence-corrected chi connectivity index (χ0v) is 15.8. The number of phenols is 1. The van der Waals surface area contributed by atoms with E-state index in [0.29, 0.717) is 28.7 Å². The fourth-order valence-electron chi connectivity index (χ4n) is 3.12. The summed E-state index contributed by atoms with van der Waals surface area (Å²) in [5.41, 5.74) is 8.95. The standard InChI is InChI=1S/C20H26N6O/c1-3-14(8-9-22-2)10-15-12-26(13-23-15)18-11-17(24-25-20(18)21)16-6-4-5-7-19(16)27/h4-7,11-14,22,27H,3,8-10H2,1-2H3,(H2,21,25). The number of phenolic OH excluding ortho intramolecular Hbond substituents is 1. The first-order valence-corrected chi connectivity index (χ1v) is 9.21. The van der Waals surface area contributed by atoms with E-state index in [2.05, 4.69) is 27.4 Å². The van der Waals surface area contributed by atoms with Gasteiger partial charge in [-0.05, 0) is 50.6 Å². The van der Waals surface area contributed by atoms with E-state index in [4.69, 9.17) is 5.73 Å². The highest BCUT2D eigenvalue weighted by Gasteiger charge is 2.13. The van der Waals surface area contributed by atoms with Crippen molar-refractivity contribution >= 4 is 5.82 Å². The van der Waals surface area contributed by atoms with Gasteiger partial charge in [0, 0.05) is 11.8 Å². The molecule has 0 bridgehead atoms. The van der Waals surface area contributed by atoms with E-state index < -0.39 is 0 Å². The highest BCUT2D eigenvalue weighted by Crippen LogP contribution is 2.29. The molecule has 3 aromatic rings. The Balaban J connectivity index is 1.86. The lowest BCUT2D eigenvalue weighted by Gasteiger charge is -2.12. The molecule has 3 rings (SSSR count). The first-order chi connectivity index (χ1) is 13.1. The number of nitrogens with zero attached hydrogens (tertiary/aromatic N) is 4. The largest absolute Gasteiger partial charge is 0.507 e. The van der Waals surface area contributed by atoms with Gasteiger partial charge in [0.25, 0.3) is 0 Å². The third kappa shape index (κ3) is 4.43. The summed E-state index contributed by atoms with van der Waals surface area (Å²) >= 11 is 0. The Labute approximate surface area is 159 Å². The van der Waals surface area contributed by atoms with Gasteiger partial charge in [-0.3, -0.25) is 0 Å². The van der Waals surface area contributed by atoms with Gasteiger partial charge in [-0.2, -0.15) is 0 Å². The molecule has 0 spiro atoms. The Kier molecular flexibility index (Phi) is 6.03. The van der Waals surface area contributed by atoms with Gasteiger partial charge in [-0.1, -0.05) is 25.5 Å². The van der Waals surface area contributed by atoms with Crippen LogP contribution in [0.15, 0.2) is 42.9 Å². The summed E-state index contributed by atoms with van der Waals surface area (Å²) in [6, 6.07) is 8.86. The zero-order valence-electron chi connectivity index (χ0n) is 15.8. The van der Waals surface area contributed by atoms with Crippen LogP contribution in [0.3, 0.4) is 0 Å². The molecule has 0 amide bonds. The van der Waals surface area contributed by atoms with Crippen LogP contribution < -0.4 is 11.1 Å². The molecule has 0 radical (unpaired) electrons. The number of hydrogen-bond acceptors (Lipinski definition) is 6. The van der Waals surface area contributed by atoms with Crippen molar-refractivity contribution in [3.05, 3.63) is 48.5 Å². The molecular weight excluding hydrogens is 340 g/mol. The third-order valence-electron chi connectivity index (χ3n) is 4.77. The van der Waals surface area contributed by atoms with E-state index in [0.717, 1.165) is 31.5 Å². The number of nitrogens with two attached hydrogens (primary N) is 1. The van der Waals surface area contributed by atoms with Crippen LogP contribution in [0.2, 0.25) is 0 Å². The second-order valence-corrected chi connectivity index (χ2v) is 6.66. The van der Waals surface area contributed by atoms with Crippen molar-refractivity contribution < 1.29 is 5.11 Å². The second kappa shape index (κ2) is 8.64. The molecule has 142 valence electrons. The number of anilines is 1. The molecule has 2 aromatic heterocycles. The first-order valence-electron chi connectivity index (χ1n) is 9.21. The first kappa shape index (κ1) is 18.8. The number of nitrogen functional groups attached to an aromatic ring is 1. The summed E-state index contributed by atoms with van der Waals surface area (Å²) < 4.78 is 1.87. The number of para-hydroxylation sites is 1. The summed E-state index contributed by atoms with van der Waals surface area (Å²) in [6.45, 7) is 3.21. The Morgan fingerprint density at radius 1 is 1.26 bits per heavy atom. The summed E-state index contributed by atoms with van der Waals surface area (Å²) in [7, 11) is 1.97. The minimum Gasteiger partial charge on any atom is -0.507 e. The van der Waals surface area contributed by atoms with Crippen LogP contribution in [0.1, 0.15) is 25.5 Å². The maximum absolute atomic E-state index is 10.1. The summed E-state index contributed by atoms with van der Waals surface area (Å²) in [4.78, 5) is 4.54. The molecule has 4 N–H and O–H groups in total. The smallest absolute Gasteiger partial charge is 0.170 e. The monoisotopic (exact) mass is 366 g/mol. The van der Waals surface area contributed by atoms with Gasteiger partial charge in [0.15, 0.2) is 5.82 Å². The lowest BCUT2D eigenvalue weighted by atomic mass is 9.97. The van der Waals surface area contributed by atoms with Crippen LogP contribution in [0.4, 0.5) is 5.82 Å². The predicted octanol–water partition coefficient (Wildman–Crippen LogP) is 2.80. The van der Waals surface area contributed by atoms with Crippen LogP contribution in [0.25, 0.3) is 16.9 Å². The normalized spacial score (nSPS) is 12.2. The Morgan fingerprint density at radius 3 is 2.81 bits per heavy atom. The number of rotatable bonds is 8. The maximum atomic E-state index is 10.1. The van der Waals surface area contributed by atoms with Gasteiger partial charge < -0.3 is 20.7 Å². The second-order valence-electron chi connectivity index (χ2n) is 6.66. The number of aromatic hydroxyl groups is 1. The van der Waals surface area contributed by atoms with Crippen LogP contribution >= 0.6 is 0 Å². The number of benzene rings is 1. The fraction of sp³-hybridized carbons (Fsp3) is 0.350. The van der Waals surface area contributed by atoms with Crippen molar-refractivity contribution in [2.45, 2.75) is 26.2 Å². The van der Waals surface area contributed by atoms with Crippen molar-refractivity contribution in [1.82, 2.24) is 25.1 Å². The summed E-state index contributed by atoms with van der Waals surface area (Å²) in [5, 5.41) is 21.5. The van der Waals surface area contributed by atoms with Gasteiger partial charge in [-0.15, -0.1) is 10.2 Å². The molecule has 0 saturated carbocycles. The zero-order chi connectivity index (χ0) is 19.2. The Morgan fingerprint density at radius 2 is 2.07 bits per heavy atom. The Hall–Kier alpha value is -2.93. The van der Waals surface area contributed by atoms with E-state index in [1.54, 1.807) is 24.5 Å². The van der Waals surface area contributed by atoms with Gasteiger partial charge in [0.1, 0.15) is 5.75 Å². The summed E-state index contributed by atoms with van der Waals surface area (Å²) in [6.07, 6.45) is 6.91. The molecule has 2 heterocycles. The molecule has 0 aliphatic heterocycles. The van der Waals surface area contributed by atoms with E-state index in [9.17, 15) is 5.11 Å². The van der Waals surface area contributed by atoms with Crippen LogP contribution in [0, 0.1) is 5.92 Å². The molecule has 1 unspecified atom stereocenters. The molecular formula is C20H26N6O. The molecule has 7 heteroatoms. The highest BCUT2D eigenvalue weighted by molar-refractivity contribution is 5.70. The molecule has 0 aliphatic carbocycles. The highest BCUT2D eigenvalue weighted by atomic mass is 16.3. The van der Waals surface area contributed by atoms with E-state index in [1.807, 2.05) is 29.9 Å². The average molecular weight is 366 g/mol. The SMILES string of the molecule is CCC(CCNC)Cc1cn(-c2cc(-c3ccccc3O)nnc2N)cn1. The maximum Gasteiger partial charge on any atom is 0.170 e. The van der Waals surface area contributed by atoms with E-state index in [-0.39, 0.29) is 5.75 Å². The lowest BCUT2D eigenvalue weighted by Crippen LogP contribution is -2.14. The molecule has 27 heavy (non-hydrogen) atoms. The molecule has 0 fully saturated rings. The molecule has 1 atom stereocenters. The van der Waals surface area contributed by atoms with E-state index >= 15 is 0 Å². The molecule has 7 nitrogen and oxygen atoms in total. The predicted molar refractivity (Wildman–Crippen MR) is 107 cm³/mol. The van der Waals surface area contributed by atoms with Crippen LogP contribution in [-0.4, -0.2) is 38.4 Å². The van der Waals surface area contributed by atoms with Gasteiger partial charge in [-0.25, -0.2) is 4.98 Å².